The van der Waals surface area contributed by atoms with Crippen LogP contribution in [-0.2, 0) is 11.3 Å². The third-order valence-electron chi connectivity index (χ3n) is 5.47. The van der Waals surface area contributed by atoms with Crippen molar-refractivity contribution < 1.29 is 4.79 Å². The van der Waals surface area contributed by atoms with E-state index < -0.39 is 0 Å². The lowest BCUT2D eigenvalue weighted by Crippen LogP contribution is -2.51. The van der Waals surface area contributed by atoms with Gasteiger partial charge in [-0.3, -0.25) is 9.69 Å². The second-order valence-electron chi connectivity index (χ2n) is 7.42. The van der Waals surface area contributed by atoms with Gasteiger partial charge in [0.05, 0.1) is 12.9 Å². The van der Waals surface area contributed by atoms with E-state index in [-0.39, 0.29) is 5.91 Å². The van der Waals surface area contributed by atoms with E-state index in [0.29, 0.717) is 12.5 Å². The van der Waals surface area contributed by atoms with Gasteiger partial charge in [-0.1, -0.05) is 0 Å². The van der Waals surface area contributed by atoms with Gasteiger partial charge in [-0.05, 0) is 24.8 Å². The molecule has 0 aromatic carbocycles. The molecule has 8 nitrogen and oxygen atoms in total. The summed E-state index contributed by atoms with van der Waals surface area (Å²) in [5, 5.41) is 0. The Balaban J connectivity index is 1.24. The smallest absolute Gasteiger partial charge is 0.236 e. The van der Waals surface area contributed by atoms with E-state index in [1.807, 2.05) is 24.8 Å². The van der Waals surface area contributed by atoms with Gasteiger partial charge in [0.25, 0.3) is 0 Å². The molecule has 4 rings (SSSR count). The molecule has 1 atom stereocenters. The van der Waals surface area contributed by atoms with Crippen LogP contribution < -0.4 is 4.90 Å². The number of hydrogen-bond donors (Lipinski definition) is 0. The molecule has 0 bridgehead atoms. The Morgan fingerprint density at radius 3 is 2.63 bits per heavy atom. The Morgan fingerprint density at radius 2 is 1.89 bits per heavy atom. The van der Waals surface area contributed by atoms with Gasteiger partial charge < -0.3 is 14.4 Å². The fourth-order valence-corrected chi connectivity index (χ4v) is 3.99. The first-order valence-corrected chi connectivity index (χ1v) is 9.76. The van der Waals surface area contributed by atoms with Crippen LogP contribution in [0.15, 0.2) is 37.2 Å². The zero-order valence-corrected chi connectivity index (χ0v) is 15.7. The molecular weight excluding hydrogens is 342 g/mol. The highest BCUT2D eigenvalue weighted by molar-refractivity contribution is 5.78. The summed E-state index contributed by atoms with van der Waals surface area (Å²) in [5.41, 5.74) is 0. The van der Waals surface area contributed by atoms with Crippen molar-refractivity contribution in [2.45, 2.75) is 19.4 Å². The highest BCUT2D eigenvalue weighted by atomic mass is 16.2. The van der Waals surface area contributed by atoms with Gasteiger partial charge in [0.15, 0.2) is 0 Å². The molecule has 27 heavy (non-hydrogen) atoms. The number of likely N-dealkylation sites (tertiary alicyclic amines) is 1. The number of carbonyl (C=O) groups is 1. The van der Waals surface area contributed by atoms with E-state index in [4.69, 9.17) is 0 Å². The van der Waals surface area contributed by atoms with Crippen LogP contribution in [0.1, 0.15) is 12.8 Å². The molecule has 0 spiro atoms. The number of anilines is 1. The standard InChI is InChI=1S/C19H27N7O/c27-18(26-7-1-3-17(14-26)13-24-8-6-20-16-24)15-23-9-11-25(12-10-23)19-21-4-2-5-22-19/h2,4-6,8,16-17H,1,3,7,9-15H2. The monoisotopic (exact) mass is 369 g/mol. The first-order chi connectivity index (χ1) is 13.3. The highest BCUT2D eigenvalue weighted by Crippen LogP contribution is 2.19. The summed E-state index contributed by atoms with van der Waals surface area (Å²) in [6.07, 6.45) is 11.5. The van der Waals surface area contributed by atoms with Crippen LogP contribution in [-0.4, -0.2) is 81.0 Å². The van der Waals surface area contributed by atoms with Crippen molar-refractivity contribution >= 4 is 11.9 Å². The van der Waals surface area contributed by atoms with Crippen LogP contribution in [0, 0.1) is 5.92 Å². The topological polar surface area (TPSA) is 70.4 Å². The van der Waals surface area contributed by atoms with Crippen molar-refractivity contribution in [1.29, 1.82) is 0 Å². The number of piperazine rings is 1. The van der Waals surface area contributed by atoms with E-state index in [1.165, 1.54) is 6.42 Å². The molecule has 8 heteroatoms. The van der Waals surface area contributed by atoms with E-state index >= 15 is 0 Å². The van der Waals surface area contributed by atoms with Crippen LogP contribution in [0.25, 0.3) is 0 Å². The minimum absolute atomic E-state index is 0.259. The Labute approximate surface area is 159 Å². The van der Waals surface area contributed by atoms with E-state index in [0.717, 1.165) is 58.2 Å². The molecule has 144 valence electrons. The van der Waals surface area contributed by atoms with Gasteiger partial charge in [0.2, 0.25) is 11.9 Å². The molecule has 0 saturated carbocycles. The summed E-state index contributed by atoms with van der Waals surface area (Å²) >= 11 is 0. The lowest BCUT2D eigenvalue weighted by Gasteiger charge is -2.37. The van der Waals surface area contributed by atoms with Crippen LogP contribution in [0.4, 0.5) is 5.95 Å². The zero-order chi connectivity index (χ0) is 18.5. The minimum atomic E-state index is 0.259. The lowest BCUT2D eigenvalue weighted by molar-refractivity contribution is -0.134. The van der Waals surface area contributed by atoms with Crippen molar-refractivity contribution in [2.75, 3.05) is 50.7 Å². The Hall–Kier alpha value is -2.48. The molecule has 4 heterocycles. The number of amides is 1. The third kappa shape index (κ3) is 4.63. The fraction of sp³-hybridized carbons (Fsp3) is 0.579. The normalized spacial score (nSPS) is 21.4. The number of aromatic nitrogens is 4. The molecule has 1 amide bonds. The number of carbonyl (C=O) groups excluding carboxylic acids is 1. The molecule has 2 aromatic rings. The van der Waals surface area contributed by atoms with Crippen molar-refractivity contribution in [1.82, 2.24) is 29.3 Å². The Kier molecular flexibility index (Phi) is 5.62. The average Bonchev–Trinajstić information content (AvgIpc) is 3.22. The molecule has 0 aliphatic carbocycles. The minimum Gasteiger partial charge on any atom is -0.341 e. The van der Waals surface area contributed by atoms with Crippen molar-refractivity contribution in [3.05, 3.63) is 37.2 Å². The molecule has 0 N–H and O–H groups in total. The summed E-state index contributed by atoms with van der Waals surface area (Å²) in [5.74, 6) is 1.56. The third-order valence-corrected chi connectivity index (χ3v) is 5.47. The Morgan fingerprint density at radius 1 is 1.07 bits per heavy atom. The summed E-state index contributed by atoms with van der Waals surface area (Å²) in [7, 11) is 0. The quantitative estimate of drug-likeness (QED) is 0.774. The molecule has 1 unspecified atom stereocenters. The van der Waals surface area contributed by atoms with Crippen LogP contribution in [0.2, 0.25) is 0 Å². The predicted molar refractivity (Wildman–Crippen MR) is 102 cm³/mol. The number of rotatable bonds is 5. The van der Waals surface area contributed by atoms with E-state index in [2.05, 4.69) is 34.2 Å². The number of piperidine rings is 1. The van der Waals surface area contributed by atoms with Gasteiger partial charge in [-0.2, -0.15) is 0 Å². The van der Waals surface area contributed by atoms with Gasteiger partial charge in [-0.25, -0.2) is 15.0 Å². The van der Waals surface area contributed by atoms with Gasteiger partial charge in [-0.15, -0.1) is 0 Å². The van der Waals surface area contributed by atoms with Crippen LogP contribution in [0.3, 0.4) is 0 Å². The summed E-state index contributed by atoms with van der Waals surface area (Å²) in [6.45, 7) is 6.67. The largest absolute Gasteiger partial charge is 0.341 e. The van der Waals surface area contributed by atoms with Crippen molar-refractivity contribution in [2.24, 2.45) is 5.92 Å². The molecule has 2 aliphatic rings. The highest BCUT2D eigenvalue weighted by Gasteiger charge is 2.26. The lowest BCUT2D eigenvalue weighted by atomic mass is 9.98. The molecule has 2 aromatic heterocycles. The van der Waals surface area contributed by atoms with E-state index in [9.17, 15) is 4.79 Å². The number of imidazole rings is 1. The van der Waals surface area contributed by atoms with Crippen LogP contribution >= 0.6 is 0 Å². The molecular formula is C19H27N7O. The van der Waals surface area contributed by atoms with Gasteiger partial charge >= 0.3 is 0 Å². The maximum atomic E-state index is 12.8. The SMILES string of the molecule is O=C(CN1CCN(c2ncccn2)CC1)N1CCCC(Cn2ccnc2)C1. The summed E-state index contributed by atoms with van der Waals surface area (Å²) in [6, 6.07) is 1.83. The molecule has 2 fully saturated rings. The first kappa shape index (κ1) is 17.9. The first-order valence-electron chi connectivity index (χ1n) is 9.76. The summed E-state index contributed by atoms with van der Waals surface area (Å²) in [4.78, 5) is 32.0. The predicted octanol–water partition coefficient (Wildman–Crippen LogP) is 0.734. The van der Waals surface area contributed by atoms with Gasteiger partial charge in [0, 0.05) is 70.6 Å². The second kappa shape index (κ2) is 8.47. The summed E-state index contributed by atoms with van der Waals surface area (Å²) < 4.78 is 2.11. The number of hydrogen-bond acceptors (Lipinski definition) is 6. The molecule has 2 aliphatic heterocycles. The fourth-order valence-electron chi connectivity index (χ4n) is 3.99. The maximum Gasteiger partial charge on any atom is 0.236 e. The average molecular weight is 369 g/mol. The second-order valence-corrected chi connectivity index (χ2v) is 7.42. The molecule has 2 saturated heterocycles. The van der Waals surface area contributed by atoms with Gasteiger partial charge in [0.1, 0.15) is 0 Å². The van der Waals surface area contributed by atoms with Crippen LogP contribution in [0.5, 0.6) is 0 Å². The van der Waals surface area contributed by atoms with E-state index in [1.54, 1.807) is 12.4 Å². The molecule has 0 radical (unpaired) electrons. The Bertz CT molecular complexity index is 713. The number of nitrogens with zero attached hydrogens (tertiary/aromatic N) is 7. The maximum absolute atomic E-state index is 12.8. The van der Waals surface area contributed by atoms with Crippen molar-refractivity contribution in [3.63, 3.8) is 0 Å². The zero-order valence-electron chi connectivity index (χ0n) is 15.7. The van der Waals surface area contributed by atoms with Crippen molar-refractivity contribution in [3.8, 4) is 0 Å².